The second-order valence-corrected chi connectivity index (χ2v) is 7.32. The average molecular weight is 345 g/mol. The van der Waals surface area contributed by atoms with E-state index in [0.717, 1.165) is 38.1 Å². The Kier molecular flexibility index (Phi) is 6.41. The van der Waals surface area contributed by atoms with E-state index in [1.807, 2.05) is 30.3 Å². The number of rotatable bonds is 8. The Hall–Kier alpha value is -1.69. The fourth-order valence-corrected chi connectivity index (χ4v) is 3.86. The highest BCUT2D eigenvalue weighted by Gasteiger charge is 2.24. The highest BCUT2D eigenvalue weighted by molar-refractivity contribution is 7.09. The summed E-state index contributed by atoms with van der Waals surface area (Å²) in [5.74, 6) is 0.100. The topological polar surface area (TPSA) is 42.8 Å². The fourth-order valence-electron chi connectivity index (χ4n) is 3.08. The molecule has 1 aromatic carbocycles. The molecule has 0 spiro atoms. The molecule has 1 aromatic heterocycles. The highest BCUT2D eigenvalue weighted by atomic mass is 32.1. The number of amides is 1. The van der Waals surface area contributed by atoms with Crippen molar-refractivity contribution in [3.05, 3.63) is 58.3 Å². The molecule has 0 bridgehead atoms. The normalized spacial score (nSPS) is 18.4. The van der Waals surface area contributed by atoms with Gasteiger partial charge in [0, 0.05) is 13.2 Å². The molecule has 24 heavy (non-hydrogen) atoms. The maximum absolute atomic E-state index is 12.4. The van der Waals surface area contributed by atoms with Crippen LogP contribution in [0.15, 0.2) is 47.8 Å². The van der Waals surface area contributed by atoms with Gasteiger partial charge in [0.15, 0.2) is 6.54 Å². The first-order chi connectivity index (χ1) is 11.8. The monoisotopic (exact) mass is 345 g/mol. The van der Waals surface area contributed by atoms with Crippen molar-refractivity contribution in [3.8, 4) is 0 Å². The third-order valence-electron chi connectivity index (χ3n) is 4.29. The quantitative estimate of drug-likeness (QED) is 0.764. The van der Waals surface area contributed by atoms with Gasteiger partial charge in [0.2, 0.25) is 0 Å². The Bertz CT molecular complexity index is 610. The molecule has 5 heteroatoms. The number of hydrogen-bond acceptors (Lipinski definition) is 3. The largest absolute Gasteiger partial charge is 0.372 e. The lowest BCUT2D eigenvalue weighted by atomic mass is 10.2. The van der Waals surface area contributed by atoms with Gasteiger partial charge < -0.3 is 15.0 Å². The Morgan fingerprint density at radius 3 is 2.83 bits per heavy atom. The van der Waals surface area contributed by atoms with Crippen molar-refractivity contribution in [2.75, 3.05) is 19.7 Å². The highest BCUT2D eigenvalue weighted by Crippen LogP contribution is 2.10. The van der Waals surface area contributed by atoms with Crippen LogP contribution >= 0.6 is 11.3 Å². The molecule has 2 N–H and O–H groups in total. The van der Waals surface area contributed by atoms with Crippen molar-refractivity contribution in [1.82, 2.24) is 5.32 Å². The van der Waals surface area contributed by atoms with Crippen molar-refractivity contribution in [1.29, 1.82) is 0 Å². The van der Waals surface area contributed by atoms with Gasteiger partial charge in [-0.3, -0.25) is 4.79 Å². The van der Waals surface area contributed by atoms with Gasteiger partial charge in [0.25, 0.3) is 5.91 Å². The third kappa shape index (κ3) is 5.44. The van der Waals surface area contributed by atoms with E-state index in [9.17, 15) is 4.79 Å². The van der Waals surface area contributed by atoms with Crippen molar-refractivity contribution in [3.63, 3.8) is 0 Å². The van der Waals surface area contributed by atoms with E-state index in [1.165, 1.54) is 9.78 Å². The van der Waals surface area contributed by atoms with Crippen LogP contribution in [0, 0.1) is 0 Å². The molecular formula is C19H25N2O2S+. The molecule has 0 aliphatic carbocycles. The van der Waals surface area contributed by atoms with Crippen LogP contribution in [0.4, 0.5) is 0 Å². The summed E-state index contributed by atoms with van der Waals surface area (Å²) in [6.07, 6.45) is 2.54. The van der Waals surface area contributed by atoms with Gasteiger partial charge in [-0.15, -0.1) is 11.3 Å². The van der Waals surface area contributed by atoms with Gasteiger partial charge in [0.05, 0.1) is 4.88 Å². The Labute approximate surface area is 147 Å². The number of nitrogens with one attached hydrogen (secondary N) is 2. The first kappa shape index (κ1) is 17.1. The zero-order valence-corrected chi connectivity index (χ0v) is 14.7. The fraction of sp³-hybridized carbons (Fsp3) is 0.421. The zero-order valence-electron chi connectivity index (χ0n) is 13.9. The number of carbonyl (C=O) groups excluding carboxylic acids is 1. The number of thiophene rings is 1. The molecule has 2 aromatic rings. The van der Waals surface area contributed by atoms with Gasteiger partial charge in [-0.25, -0.2) is 0 Å². The van der Waals surface area contributed by atoms with Gasteiger partial charge >= 0.3 is 0 Å². The van der Waals surface area contributed by atoms with Crippen LogP contribution in [0.2, 0.25) is 0 Å². The molecular weight excluding hydrogens is 320 g/mol. The van der Waals surface area contributed by atoms with Crippen molar-refractivity contribution < 1.29 is 14.4 Å². The predicted octanol–water partition coefficient (Wildman–Crippen LogP) is 1.63. The molecule has 1 unspecified atom stereocenters. The first-order valence-corrected chi connectivity index (χ1v) is 9.46. The smallest absolute Gasteiger partial charge is 0.275 e. The molecule has 4 nitrogen and oxygen atoms in total. The van der Waals surface area contributed by atoms with E-state index in [-0.39, 0.29) is 5.91 Å². The number of quaternary nitrogens is 1. The summed E-state index contributed by atoms with van der Waals surface area (Å²) in [6.45, 7) is 3.72. The first-order valence-electron chi connectivity index (χ1n) is 8.58. The molecule has 2 atom stereocenters. The van der Waals surface area contributed by atoms with E-state index < -0.39 is 0 Å². The minimum Gasteiger partial charge on any atom is -0.372 e. The average Bonchev–Trinajstić information content (AvgIpc) is 3.28. The minimum atomic E-state index is 0.100. The summed E-state index contributed by atoms with van der Waals surface area (Å²) in [4.78, 5) is 15.0. The molecule has 1 saturated heterocycles. The van der Waals surface area contributed by atoms with Crippen LogP contribution in [-0.2, 0) is 22.6 Å². The van der Waals surface area contributed by atoms with E-state index in [0.29, 0.717) is 19.2 Å². The van der Waals surface area contributed by atoms with Crippen LogP contribution < -0.4 is 10.2 Å². The molecule has 2 heterocycles. The molecule has 0 saturated carbocycles. The zero-order chi connectivity index (χ0) is 16.6. The molecule has 1 amide bonds. The van der Waals surface area contributed by atoms with Crippen molar-refractivity contribution >= 4 is 17.2 Å². The van der Waals surface area contributed by atoms with E-state index in [2.05, 4.69) is 22.8 Å². The molecule has 1 fully saturated rings. The summed E-state index contributed by atoms with van der Waals surface area (Å²) < 4.78 is 5.76. The predicted molar refractivity (Wildman–Crippen MR) is 96.0 cm³/mol. The summed E-state index contributed by atoms with van der Waals surface area (Å²) in [5.41, 5.74) is 1.13. The summed E-state index contributed by atoms with van der Waals surface area (Å²) in [7, 11) is 0. The Morgan fingerprint density at radius 2 is 2.12 bits per heavy atom. The van der Waals surface area contributed by atoms with Gasteiger partial charge in [0.1, 0.15) is 19.2 Å². The summed E-state index contributed by atoms with van der Waals surface area (Å²) in [5, 5.41) is 5.13. The van der Waals surface area contributed by atoms with E-state index >= 15 is 0 Å². The van der Waals surface area contributed by atoms with Crippen LogP contribution in [0.25, 0.3) is 0 Å². The lowest BCUT2D eigenvalue weighted by molar-refractivity contribution is -0.908. The standard InChI is InChI=1S/C19H24N2O2S/c22-19(20-12-16-6-2-1-3-7-16)15-21(13-17-8-4-10-23-17)14-18-9-5-11-24-18/h1-3,5-7,9,11,17H,4,8,10,12-15H2,(H,20,22)/p+1/t17-/m0/s1. The van der Waals surface area contributed by atoms with E-state index in [4.69, 9.17) is 4.74 Å². The van der Waals surface area contributed by atoms with Crippen LogP contribution in [0.5, 0.6) is 0 Å². The van der Waals surface area contributed by atoms with Crippen molar-refractivity contribution in [2.24, 2.45) is 0 Å². The SMILES string of the molecule is O=C(C[NH+](Cc1cccs1)C[C@@H]1CCCO1)NCc1ccccc1. The third-order valence-corrected chi connectivity index (χ3v) is 5.16. The number of benzene rings is 1. The number of ether oxygens (including phenoxy) is 1. The molecule has 128 valence electrons. The summed E-state index contributed by atoms with van der Waals surface area (Å²) in [6, 6.07) is 14.2. The van der Waals surface area contributed by atoms with E-state index in [1.54, 1.807) is 11.3 Å². The molecule has 3 rings (SSSR count). The number of hydrogen-bond donors (Lipinski definition) is 2. The minimum absolute atomic E-state index is 0.100. The Morgan fingerprint density at radius 1 is 1.25 bits per heavy atom. The second-order valence-electron chi connectivity index (χ2n) is 6.28. The maximum atomic E-state index is 12.4. The van der Waals surface area contributed by atoms with Crippen LogP contribution in [-0.4, -0.2) is 31.7 Å². The Balaban J connectivity index is 1.52. The van der Waals surface area contributed by atoms with Gasteiger partial charge in [-0.2, -0.15) is 0 Å². The lowest BCUT2D eigenvalue weighted by Gasteiger charge is -2.21. The van der Waals surface area contributed by atoms with Crippen LogP contribution in [0.1, 0.15) is 23.3 Å². The maximum Gasteiger partial charge on any atom is 0.275 e. The van der Waals surface area contributed by atoms with Gasteiger partial charge in [-0.1, -0.05) is 36.4 Å². The summed E-state index contributed by atoms with van der Waals surface area (Å²) >= 11 is 1.75. The molecule has 1 aliphatic heterocycles. The lowest BCUT2D eigenvalue weighted by Crippen LogP contribution is -3.13. The molecule has 1 aliphatic rings. The van der Waals surface area contributed by atoms with Crippen LogP contribution in [0.3, 0.4) is 0 Å². The number of carbonyl (C=O) groups is 1. The second kappa shape index (κ2) is 8.97. The van der Waals surface area contributed by atoms with Gasteiger partial charge in [-0.05, 0) is 29.9 Å². The van der Waals surface area contributed by atoms with Crippen molar-refractivity contribution in [2.45, 2.75) is 32.0 Å². The molecule has 0 radical (unpaired) electrons.